The molecule has 0 aromatic carbocycles. The Morgan fingerprint density at radius 2 is 1.95 bits per heavy atom. The van der Waals surface area contributed by atoms with E-state index in [9.17, 15) is 9.59 Å². The molecule has 3 rings (SSSR count). The topological polar surface area (TPSA) is 40.6 Å². The normalized spacial score (nSPS) is 33.4. The molecular weight excluding hydrogens is 240 g/mol. The third-order valence-corrected chi connectivity index (χ3v) is 5.60. The fraction of sp³-hybridized carbons (Fsp3) is 0.867. The fourth-order valence-corrected chi connectivity index (χ4v) is 3.92. The smallest absolute Gasteiger partial charge is 0.246 e. The van der Waals surface area contributed by atoms with Crippen LogP contribution in [0.15, 0.2) is 0 Å². The molecule has 19 heavy (non-hydrogen) atoms. The van der Waals surface area contributed by atoms with Gasteiger partial charge >= 0.3 is 0 Å². The minimum atomic E-state index is -0.258. The van der Waals surface area contributed by atoms with Crippen LogP contribution in [0.1, 0.15) is 52.4 Å². The minimum Gasteiger partial charge on any atom is -0.329 e. The Bertz CT molecular complexity index is 397. The van der Waals surface area contributed by atoms with Gasteiger partial charge in [-0.05, 0) is 44.4 Å². The Morgan fingerprint density at radius 3 is 2.53 bits per heavy atom. The number of piperazine rings is 1. The van der Waals surface area contributed by atoms with Gasteiger partial charge in [0.25, 0.3) is 0 Å². The molecule has 0 N–H and O–H groups in total. The first kappa shape index (κ1) is 12.9. The van der Waals surface area contributed by atoms with Crippen molar-refractivity contribution in [2.45, 2.75) is 64.5 Å². The van der Waals surface area contributed by atoms with Crippen molar-refractivity contribution in [3.05, 3.63) is 0 Å². The lowest BCUT2D eigenvalue weighted by molar-refractivity contribution is -0.161. The number of hydrogen-bond acceptors (Lipinski definition) is 2. The Balaban J connectivity index is 1.80. The molecule has 0 radical (unpaired) electrons. The maximum Gasteiger partial charge on any atom is 0.246 e. The molecule has 3 aliphatic rings. The van der Waals surface area contributed by atoms with Crippen LogP contribution in [0.3, 0.4) is 0 Å². The Kier molecular flexibility index (Phi) is 3.06. The number of amides is 2. The molecule has 2 amide bonds. The summed E-state index contributed by atoms with van der Waals surface area (Å²) in [5, 5.41) is 0. The van der Waals surface area contributed by atoms with Gasteiger partial charge in [-0.15, -0.1) is 0 Å². The predicted octanol–water partition coefficient (Wildman–Crippen LogP) is 1.79. The van der Waals surface area contributed by atoms with E-state index in [0.29, 0.717) is 5.41 Å². The van der Waals surface area contributed by atoms with Crippen LogP contribution in [0.4, 0.5) is 0 Å². The van der Waals surface area contributed by atoms with Crippen LogP contribution in [0.2, 0.25) is 0 Å². The number of carbonyl (C=O) groups is 2. The molecule has 4 heteroatoms. The predicted molar refractivity (Wildman–Crippen MR) is 72.5 cm³/mol. The van der Waals surface area contributed by atoms with Crippen molar-refractivity contribution >= 4 is 11.8 Å². The lowest BCUT2D eigenvalue weighted by Crippen LogP contribution is -2.63. The van der Waals surface area contributed by atoms with Gasteiger partial charge in [-0.3, -0.25) is 9.59 Å². The second-order valence-corrected chi connectivity index (χ2v) is 6.54. The lowest BCUT2D eigenvalue weighted by atomic mass is 9.66. The zero-order chi connectivity index (χ0) is 13.6. The summed E-state index contributed by atoms with van der Waals surface area (Å²) in [5.41, 5.74) is 0.297. The van der Waals surface area contributed by atoms with E-state index in [1.165, 1.54) is 19.3 Å². The molecule has 2 aliphatic heterocycles. The zero-order valence-electron chi connectivity index (χ0n) is 12.0. The van der Waals surface area contributed by atoms with E-state index in [0.717, 1.165) is 32.4 Å². The molecule has 2 saturated heterocycles. The van der Waals surface area contributed by atoms with E-state index < -0.39 is 0 Å². The molecule has 2 atom stereocenters. The summed E-state index contributed by atoms with van der Waals surface area (Å²) in [6.45, 7) is 5.67. The van der Waals surface area contributed by atoms with Crippen LogP contribution in [-0.2, 0) is 9.59 Å². The van der Waals surface area contributed by atoms with Gasteiger partial charge < -0.3 is 9.80 Å². The molecule has 0 aromatic heterocycles. The average molecular weight is 264 g/mol. The van der Waals surface area contributed by atoms with Crippen LogP contribution >= 0.6 is 0 Å². The highest BCUT2D eigenvalue weighted by Crippen LogP contribution is 2.45. The first-order chi connectivity index (χ1) is 9.08. The molecule has 1 saturated carbocycles. The number of hydrogen-bond donors (Lipinski definition) is 0. The van der Waals surface area contributed by atoms with E-state index in [4.69, 9.17) is 0 Å². The maximum absolute atomic E-state index is 12.6. The van der Waals surface area contributed by atoms with Gasteiger partial charge in [0.05, 0.1) is 0 Å². The molecule has 0 aromatic rings. The highest BCUT2D eigenvalue weighted by molar-refractivity contribution is 5.97. The molecule has 106 valence electrons. The van der Waals surface area contributed by atoms with Crippen LogP contribution in [0, 0.1) is 5.41 Å². The van der Waals surface area contributed by atoms with Crippen LogP contribution in [-0.4, -0.2) is 46.8 Å². The van der Waals surface area contributed by atoms with Gasteiger partial charge in [0.15, 0.2) is 0 Å². The number of rotatable bonds is 3. The van der Waals surface area contributed by atoms with Crippen molar-refractivity contribution in [1.82, 2.24) is 9.80 Å². The van der Waals surface area contributed by atoms with Crippen LogP contribution in [0.5, 0.6) is 0 Å². The largest absolute Gasteiger partial charge is 0.329 e. The average Bonchev–Trinajstić information content (AvgIpc) is 2.84. The van der Waals surface area contributed by atoms with Crippen LogP contribution in [0.25, 0.3) is 0 Å². The van der Waals surface area contributed by atoms with Crippen molar-refractivity contribution in [2.24, 2.45) is 5.41 Å². The highest BCUT2D eigenvalue weighted by atomic mass is 16.2. The Labute approximate surface area is 115 Å². The summed E-state index contributed by atoms with van der Waals surface area (Å²) >= 11 is 0. The third-order valence-electron chi connectivity index (χ3n) is 5.60. The second kappa shape index (κ2) is 4.50. The van der Waals surface area contributed by atoms with E-state index >= 15 is 0 Å². The van der Waals surface area contributed by atoms with Gasteiger partial charge in [-0.1, -0.05) is 13.3 Å². The summed E-state index contributed by atoms with van der Waals surface area (Å²) in [4.78, 5) is 28.7. The van der Waals surface area contributed by atoms with Crippen LogP contribution < -0.4 is 0 Å². The molecule has 0 bridgehead atoms. The minimum absolute atomic E-state index is 0.155. The zero-order valence-corrected chi connectivity index (χ0v) is 12.0. The highest BCUT2D eigenvalue weighted by Gasteiger charge is 2.48. The summed E-state index contributed by atoms with van der Waals surface area (Å²) in [6.07, 6.45) is 6.64. The summed E-state index contributed by atoms with van der Waals surface area (Å²) < 4.78 is 0. The van der Waals surface area contributed by atoms with Crippen molar-refractivity contribution < 1.29 is 9.59 Å². The van der Waals surface area contributed by atoms with Gasteiger partial charge in [-0.2, -0.15) is 0 Å². The van der Waals surface area contributed by atoms with Crippen molar-refractivity contribution in [1.29, 1.82) is 0 Å². The van der Waals surface area contributed by atoms with E-state index in [1.807, 2.05) is 16.7 Å². The summed E-state index contributed by atoms with van der Waals surface area (Å²) in [7, 11) is 0. The molecule has 4 nitrogen and oxygen atoms in total. The van der Waals surface area contributed by atoms with Crippen molar-refractivity contribution in [2.75, 3.05) is 13.1 Å². The Morgan fingerprint density at radius 1 is 1.21 bits per heavy atom. The van der Waals surface area contributed by atoms with E-state index in [2.05, 4.69) is 6.92 Å². The standard InChI is InChI=1S/C15H24N2O2/c1-3-15(7-5-8-15)10-17-11(2)13(18)16-9-4-6-12(16)14(17)19/h11-12H,3-10H2,1-2H3. The number of carbonyl (C=O) groups excluding carboxylic acids is 2. The first-order valence-electron chi connectivity index (χ1n) is 7.69. The monoisotopic (exact) mass is 264 g/mol. The maximum atomic E-state index is 12.6. The number of nitrogens with zero attached hydrogens (tertiary/aromatic N) is 2. The van der Waals surface area contributed by atoms with Gasteiger partial charge in [0, 0.05) is 13.1 Å². The van der Waals surface area contributed by atoms with E-state index in [1.54, 1.807) is 0 Å². The summed E-state index contributed by atoms with van der Waals surface area (Å²) in [5.74, 6) is 0.358. The quantitative estimate of drug-likeness (QED) is 0.779. The van der Waals surface area contributed by atoms with Crippen molar-refractivity contribution in [3.8, 4) is 0 Å². The Hall–Kier alpha value is -1.06. The first-order valence-corrected chi connectivity index (χ1v) is 7.69. The van der Waals surface area contributed by atoms with Gasteiger partial charge in [0.1, 0.15) is 12.1 Å². The molecular formula is C15H24N2O2. The van der Waals surface area contributed by atoms with Crippen molar-refractivity contribution in [3.63, 3.8) is 0 Å². The van der Waals surface area contributed by atoms with Gasteiger partial charge in [0.2, 0.25) is 11.8 Å². The second-order valence-electron chi connectivity index (χ2n) is 6.54. The lowest BCUT2D eigenvalue weighted by Gasteiger charge is -2.49. The van der Waals surface area contributed by atoms with E-state index in [-0.39, 0.29) is 23.9 Å². The molecule has 1 aliphatic carbocycles. The molecule has 2 heterocycles. The molecule has 0 spiro atoms. The SMILES string of the molecule is CCC1(CN2C(=O)C3CCCN3C(=O)C2C)CCC1. The third kappa shape index (κ3) is 1.87. The molecule has 2 unspecified atom stereocenters. The van der Waals surface area contributed by atoms with Gasteiger partial charge in [-0.25, -0.2) is 0 Å². The summed E-state index contributed by atoms with van der Waals surface area (Å²) in [6, 6.07) is -0.413. The number of fused-ring (bicyclic) bond motifs is 1. The molecule has 3 fully saturated rings. The fourth-order valence-electron chi connectivity index (χ4n) is 3.92.